The van der Waals surface area contributed by atoms with Crippen molar-refractivity contribution in [2.45, 2.75) is 12.0 Å². The first kappa shape index (κ1) is 10.9. The van der Waals surface area contributed by atoms with Crippen LogP contribution in [0.2, 0.25) is 0 Å². The Bertz CT molecular complexity index is 538. The van der Waals surface area contributed by atoms with Gasteiger partial charge in [-0.2, -0.15) is 0 Å². The van der Waals surface area contributed by atoms with Crippen LogP contribution in [0.25, 0.3) is 11.0 Å². The third-order valence-electron chi connectivity index (χ3n) is 2.32. The maximum atomic E-state index is 10.7. The summed E-state index contributed by atoms with van der Waals surface area (Å²) in [6, 6.07) is 3.10. The average Bonchev–Trinajstić information content (AvgIpc) is 2.74. The van der Waals surface area contributed by atoms with Crippen LogP contribution in [-0.2, 0) is 10.7 Å². The van der Waals surface area contributed by atoms with Gasteiger partial charge in [-0.3, -0.25) is 0 Å². The van der Waals surface area contributed by atoms with E-state index < -0.39 is 12.1 Å². The molecule has 16 heavy (non-hydrogen) atoms. The molecule has 0 saturated heterocycles. The number of hydrogen-bond donors (Lipinski definition) is 3. The summed E-state index contributed by atoms with van der Waals surface area (Å²) in [5, 5.41) is 18.2. The second-order valence-corrected chi connectivity index (χ2v) is 3.62. The normalized spacial score (nSPS) is 12.9. The number of hydrogen-bond acceptors (Lipinski definition) is 3. The van der Waals surface area contributed by atoms with Crippen LogP contribution in [0.1, 0.15) is 17.2 Å². The molecule has 6 heteroatoms. The molecule has 84 valence electrons. The van der Waals surface area contributed by atoms with Gasteiger partial charge in [0.15, 0.2) is 6.10 Å². The van der Waals surface area contributed by atoms with Crippen LogP contribution in [0.5, 0.6) is 0 Å². The molecule has 1 heterocycles. The van der Waals surface area contributed by atoms with Crippen LogP contribution >= 0.6 is 11.6 Å². The number of benzene rings is 1. The lowest BCUT2D eigenvalue weighted by Crippen LogP contribution is -2.10. The topological polar surface area (TPSA) is 86.2 Å². The van der Waals surface area contributed by atoms with Crippen LogP contribution in [0.15, 0.2) is 18.5 Å². The molecule has 0 aliphatic carbocycles. The highest BCUT2D eigenvalue weighted by Gasteiger charge is 2.18. The Morgan fingerprint density at radius 3 is 2.94 bits per heavy atom. The second-order valence-electron chi connectivity index (χ2n) is 3.35. The van der Waals surface area contributed by atoms with Crippen molar-refractivity contribution in [1.82, 2.24) is 9.97 Å². The molecule has 0 aliphatic heterocycles. The lowest BCUT2D eigenvalue weighted by Gasteiger charge is -2.07. The zero-order valence-electron chi connectivity index (χ0n) is 8.14. The van der Waals surface area contributed by atoms with Gasteiger partial charge in [0, 0.05) is 5.88 Å². The predicted octanol–water partition coefficient (Wildman–Crippen LogP) is 1.42. The molecule has 0 amide bonds. The van der Waals surface area contributed by atoms with Gasteiger partial charge < -0.3 is 15.2 Å². The van der Waals surface area contributed by atoms with E-state index in [1.807, 2.05) is 0 Å². The molecular weight excluding hydrogens is 232 g/mol. The van der Waals surface area contributed by atoms with E-state index in [0.717, 1.165) is 0 Å². The molecule has 3 N–H and O–H groups in total. The van der Waals surface area contributed by atoms with E-state index in [1.54, 1.807) is 12.1 Å². The summed E-state index contributed by atoms with van der Waals surface area (Å²) in [7, 11) is 0. The van der Waals surface area contributed by atoms with E-state index in [-0.39, 0.29) is 5.88 Å². The summed E-state index contributed by atoms with van der Waals surface area (Å²) >= 11 is 5.74. The maximum absolute atomic E-state index is 10.7. The van der Waals surface area contributed by atoms with Crippen LogP contribution in [0, 0.1) is 0 Å². The highest BCUT2D eigenvalue weighted by atomic mass is 35.5. The highest BCUT2D eigenvalue weighted by molar-refractivity contribution is 6.17. The molecule has 0 spiro atoms. The van der Waals surface area contributed by atoms with Gasteiger partial charge >= 0.3 is 5.97 Å². The van der Waals surface area contributed by atoms with Gasteiger partial charge in [-0.25, -0.2) is 9.78 Å². The number of nitrogens with zero attached hydrogens (tertiary/aromatic N) is 1. The number of aliphatic carboxylic acids is 1. The molecule has 2 rings (SSSR count). The first-order chi connectivity index (χ1) is 7.63. The minimum Gasteiger partial charge on any atom is -0.479 e. The number of nitrogens with one attached hydrogen (secondary N) is 1. The number of carboxylic acid groups (broad SMARTS) is 1. The summed E-state index contributed by atoms with van der Waals surface area (Å²) in [6.45, 7) is 0. The number of halogens is 1. The maximum Gasteiger partial charge on any atom is 0.337 e. The Balaban J connectivity index is 2.59. The molecule has 1 unspecified atom stereocenters. The third-order valence-corrected chi connectivity index (χ3v) is 2.61. The first-order valence-electron chi connectivity index (χ1n) is 4.56. The van der Waals surface area contributed by atoms with Crippen molar-refractivity contribution in [3.05, 3.63) is 29.6 Å². The van der Waals surface area contributed by atoms with Gasteiger partial charge in [0.2, 0.25) is 0 Å². The average molecular weight is 241 g/mol. The number of carboxylic acids is 1. The molecule has 2 aromatic rings. The van der Waals surface area contributed by atoms with Crippen LogP contribution < -0.4 is 0 Å². The Labute approximate surface area is 95.7 Å². The van der Waals surface area contributed by atoms with Crippen molar-refractivity contribution in [3.8, 4) is 0 Å². The summed E-state index contributed by atoms with van der Waals surface area (Å²) in [5.74, 6) is -1.08. The number of fused-ring (bicyclic) bond motifs is 1. The third kappa shape index (κ3) is 1.75. The fourth-order valence-electron chi connectivity index (χ4n) is 1.55. The zero-order chi connectivity index (χ0) is 11.7. The van der Waals surface area contributed by atoms with Gasteiger partial charge in [-0.15, -0.1) is 11.6 Å². The van der Waals surface area contributed by atoms with Crippen molar-refractivity contribution in [2.75, 3.05) is 0 Å². The summed E-state index contributed by atoms with van der Waals surface area (Å²) in [6.07, 6.45) is -0.0489. The molecule has 1 atom stereocenters. The van der Waals surface area contributed by atoms with Crippen LogP contribution in [0.4, 0.5) is 0 Å². The summed E-state index contributed by atoms with van der Waals surface area (Å²) < 4.78 is 0. The van der Waals surface area contributed by atoms with Crippen molar-refractivity contribution >= 4 is 28.6 Å². The smallest absolute Gasteiger partial charge is 0.337 e. The second kappa shape index (κ2) is 4.11. The lowest BCUT2D eigenvalue weighted by atomic mass is 10.1. The van der Waals surface area contributed by atoms with Gasteiger partial charge in [0.1, 0.15) is 0 Å². The predicted molar refractivity (Wildman–Crippen MR) is 58.2 cm³/mol. The first-order valence-corrected chi connectivity index (χ1v) is 5.09. The lowest BCUT2D eigenvalue weighted by molar-refractivity contribution is -0.146. The molecule has 0 fully saturated rings. The molecule has 1 aromatic heterocycles. The standard InChI is InChI=1S/C10H9ClN2O3/c11-3-6-1-5(9(14)10(15)16)2-7-8(6)13-4-12-7/h1-2,4,9,14H,3H2,(H,12,13)(H,15,16). The number of rotatable bonds is 3. The van der Waals surface area contributed by atoms with Crippen molar-refractivity contribution in [2.24, 2.45) is 0 Å². The van der Waals surface area contributed by atoms with Crippen molar-refractivity contribution < 1.29 is 15.0 Å². The number of aliphatic hydroxyl groups is 1. The zero-order valence-corrected chi connectivity index (χ0v) is 8.90. The van der Waals surface area contributed by atoms with Gasteiger partial charge in [-0.05, 0) is 23.3 Å². The minimum atomic E-state index is -1.55. The summed E-state index contributed by atoms with van der Waals surface area (Å²) in [4.78, 5) is 17.6. The van der Waals surface area contributed by atoms with Gasteiger partial charge in [0.25, 0.3) is 0 Å². The molecular formula is C10H9ClN2O3. The van der Waals surface area contributed by atoms with Gasteiger partial charge in [0.05, 0.1) is 17.4 Å². The van der Waals surface area contributed by atoms with E-state index in [4.69, 9.17) is 16.7 Å². The monoisotopic (exact) mass is 240 g/mol. The number of alkyl halides is 1. The molecule has 0 bridgehead atoms. The summed E-state index contributed by atoms with van der Waals surface area (Å²) in [5.41, 5.74) is 2.33. The number of imidazole rings is 1. The van der Waals surface area contributed by atoms with E-state index in [9.17, 15) is 9.90 Å². The molecule has 5 nitrogen and oxygen atoms in total. The number of aromatic nitrogens is 2. The number of aromatic amines is 1. The van der Waals surface area contributed by atoms with Gasteiger partial charge in [-0.1, -0.05) is 0 Å². The SMILES string of the molecule is O=C(O)C(O)c1cc(CCl)c2nc[nH]c2c1. The number of aliphatic hydroxyl groups excluding tert-OH is 1. The van der Waals surface area contributed by atoms with Crippen molar-refractivity contribution in [1.29, 1.82) is 0 Å². The van der Waals surface area contributed by atoms with E-state index in [0.29, 0.717) is 22.2 Å². The number of H-pyrrole nitrogens is 1. The largest absolute Gasteiger partial charge is 0.479 e. The Morgan fingerprint density at radius 2 is 2.31 bits per heavy atom. The van der Waals surface area contributed by atoms with E-state index in [1.165, 1.54) is 6.33 Å². The van der Waals surface area contributed by atoms with E-state index >= 15 is 0 Å². The Kier molecular flexibility index (Phi) is 2.80. The Morgan fingerprint density at radius 1 is 1.56 bits per heavy atom. The van der Waals surface area contributed by atoms with E-state index in [2.05, 4.69) is 9.97 Å². The van der Waals surface area contributed by atoms with Crippen LogP contribution in [0.3, 0.4) is 0 Å². The molecule has 0 saturated carbocycles. The fraction of sp³-hybridized carbons (Fsp3) is 0.200. The fourth-order valence-corrected chi connectivity index (χ4v) is 1.75. The van der Waals surface area contributed by atoms with Crippen molar-refractivity contribution in [3.63, 3.8) is 0 Å². The quantitative estimate of drug-likeness (QED) is 0.708. The number of carbonyl (C=O) groups is 1. The molecule has 0 radical (unpaired) electrons. The molecule has 1 aromatic carbocycles. The highest BCUT2D eigenvalue weighted by Crippen LogP contribution is 2.23. The molecule has 0 aliphatic rings. The Hall–Kier alpha value is -1.59. The van der Waals surface area contributed by atoms with Crippen LogP contribution in [-0.4, -0.2) is 26.2 Å². The minimum absolute atomic E-state index is 0.210.